The minimum atomic E-state index is -0.516. The molecule has 0 saturated heterocycles. The predicted molar refractivity (Wildman–Crippen MR) is 70.7 cm³/mol. The van der Waals surface area contributed by atoms with Gasteiger partial charge in [-0.25, -0.2) is 5.43 Å². The summed E-state index contributed by atoms with van der Waals surface area (Å²) < 4.78 is 10.5. The normalized spacial score (nSPS) is 21.1. The number of rotatable bonds is 2. The zero-order valence-electron chi connectivity index (χ0n) is 10.9. The van der Waals surface area contributed by atoms with Crippen LogP contribution in [0.15, 0.2) is 18.2 Å². The van der Waals surface area contributed by atoms with Crippen LogP contribution in [0.4, 0.5) is 0 Å². The lowest BCUT2D eigenvalue weighted by Crippen LogP contribution is -2.52. The van der Waals surface area contributed by atoms with Gasteiger partial charge < -0.3 is 9.47 Å². The number of ketones is 1. The number of hydrazine groups is 1. The van der Waals surface area contributed by atoms with Crippen molar-refractivity contribution in [3.05, 3.63) is 29.3 Å². The number of ether oxygens (including phenoxy) is 2. The van der Waals surface area contributed by atoms with E-state index in [1.807, 2.05) is 0 Å². The summed E-state index contributed by atoms with van der Waals surface area (Å²) in [6.45, 7) is 2.17. The van der Waals surface area contributed by atoms with Gasteiger partial charge in [-0.2, -0.15) is 0 Å². The highest BCUT2D eigenvalue weighted by molar-refractivity contribution is 6.03. The number of Topliss-reactive ketones (excluding diaryl/α,β-unsaturated/α-hetero) is 1. The maximum absolute atomic E-state index is 12.2. The van der Waals surface area contributed by atoms with E-state index in [0.717, 1.165) is 5.56 Å². The number of methoxy groups -OCH3 is 1. The molecule has 2 atom stereocenters. The molecule has 1 heterocycles. The topological polar surface area (TPSA) is 73.6 Å². The molecule has 0 saturated carbocycles. The number of benzene rings is 1. The van der Waals surface area contributed by atoms with Gasteiger partial charge in [0.2, 0.25) is 0 Å². The number of nitrogens with two attached hydrogens (primary N) is 1. The number of carbonyl (C=O) groups excluding carboxylic acids is 1. The second-order valence-electron chi connectivity index (χ2n) is 4.28. The van der Waals surface area contributed by atoms with Crippen molar-refractivity contribution < 1.29 is 14.3 Å². The second kappa shape index (κ2) is 5.85. The molecule has 0 aromatic heterocycles. The Hall–Kier alpha value is -1.87. The largest absolute Gasteiger partial charge is 0.488 e. The molecular weight excluding hydrogens is 244 g/mol. The SMILES string of the molecule is COCC#Cc1ccc2c(c1)OC(C)C(NN)C2=O. The lowest BCUT2D eigenvalue weighted by molar-refractivity contribution is 0.0769. The zero-order chi connectivity index (χ0) is 13.8. The van der Waals surface area contributed by atoms with Crippen LogP contribution in [-0.2, 0) is 4.74 Å². The second-order valence-corrected chi connectivity index (χ2v) is 4.28. The van der Waals surface area contributed by atoms with Crippen LogP contribution in [0.3, 0.4) is 0 Å². The number of carbonyl (C=O) groups is 1. The van der Waals surface area contributed by atoms with Crippen molar-refractivity contribution in [1.29, 1.82) is 0 Å². The van der Waals surface area contributed by atoms with Gasteiger partial charge in [0.25, 0.3) is 0 Å². The standard InChI is InChI=1S/C14H16N2O3/c1-9-13(16-15)14(17)11-6-5-10(4-3-7-18-2)8-12(11)19-9/h5-6,8-9,13,16H,7,15H2,1-2H3. The summed E-state index contributed by atoms with van der Waals surface area (Å²) in [5, 5.41) is 0. The zero-order valence-corrected chi connectivity index (χ0v) is 10.9. The monoisotopic (exact) mass is 260 g/mol. The average Bonchev–Trinajstić information content (AvgIpc) is 2.39. The molecular formula is C14H16N2O3. The first kappa shape index (κ1) is 13.6. The van der Waals surface area contributed by atoms with Crippen molar-refractivity contribution in [2.45, 2.75) is 19.1 Å². The number of nitrogens with one attached hydrogen (secondary N) is 1. The van der Waals surface area contributed by atoms with E-state index < -0.39 is 6.04 Å². The number of hydrogen-bond donors (Lipinski definition) is 2. The molecule has 5 nitrogen and oxygen atoms in total. The van der Waals surface area contributed by atoms with Crippen LogP contribution in [0.25, 0.3) is 0 Å². The van der Waals surface area contributed by atoms with Gasteiger partial charge in [-0.15, -0.1) is 0 Å². The molecule has 0 amide bonds. The van der Waals surface area contributed by atoms with Gasteiger partial charge in [0.1, 0.15) is 24.5 Å². The van der Waals surface area contributed by atoms with E-state index in [0.29, 0.717) is 17.9 Å². The molecule has 1 aromatic carbocycles. The van der Waals surface area contributed by atoms with E-state index in [2.05, 4.69) is 17.3 Å². The molecule has 5 heteroatoms. The molecule has 0 aliphatic carbocycles. The first-order valence-electron chi connectivity index (χ1n) is 5.96. The first-order chi connectivity index (χ1) is 9.17. The van der Waals surface area contributed by atoms with E-state index in [-0.39, 0.29) is 11.9 Å². The van der Waals surface area contributed by atoms with Crippen molar-refractivity contribution in [2.24, 2.45) is 5.84 Å². The molecule has 0 bridgehead atoms. The van der Waals surface area contributed by atoms with Crippen molar-refractivity contribution in [3.63, 3.8) is 0 Å². The van der Waals surface area contributed by atoms with Crippen molar-refractivity contribution >= 4 is 5.78 Å². The Morgan fingerprint density at radius 2 is 2.32 bits per heavy atom. The third-order valence-corrected chi connectivity index (χ3v) is 2.94. The van der Waals surface area contributed by atoms with Gasteiger partial charge in [-0.05, 0) is 25.1 Å². The molecule has 1 aromatic rings. The lowest BCUT2D eigenvalue weighted by Gasteiger charge is -2.29. The highest BCUT2D eigenvalue weighted by Gasteiger charge is 2.33. The number of fused-ring (bicyclic) bond motifs is 1. The minimum absolute atomic E-state index is 0.0624. The Labute approximate surface area is 112 Å². The van der Waals surface area contributed by atoms with Crippen LogP contribution in [0.1, 0.15) is 22.8 Å². The lowest BCUT2D eigenvalue weighted by atomic mass is 9.96. The predicted octanol–water partition coefficient (Wildman–Crippen LogP) is 0.480. The Balaban J connectivity index is 2.30. The quantitative estimate of drug-likeness (QED) is 0.459. The molecule has 0 fully saturated rings. The van der Waals surface area contributed by atoms with Crippen LogP contribution in [-0.4, -0.2) is 31.6 Å². The minimum Gasteiger partial charge on any atom is -0.488 e. The summed E-state index contributed by atoms with van der Waals surface area (Å²) >= 11 is 0. The Bertz CT molecular complexity index is 545. The van der Waals surface area contributed by atoms with Gasteiger partial charge in [0.05, 0.1) is 5.56 Å². The van der Waals surface area contributed by atoms with E-state index in [1.54, 1.807) is 32.2 Å². The molecule has 100 valence electrons. The van der Waals surface area contributed by atoms with Gasteiger partial charge in [0.15, 0.2) is 5.78 Å². The smallest absolute Gasteiger partial charge is 0.188 e. The molecule has 19 heavy (non-hydrogen) atoms. The summed E-state index contributed by atoms with van der Waals surface area (Å²) in [7, 11) is 1.59. The number of hydrogen-bond acceptors (Lipinski definition) is 5. The fraction of sp³-hybridized carbons (Fsp3) is 0.357. The summed E-state index contributed by atoms with van der Waals surface area (Å²) in [6, 6.07) is 4.74. The third kappa shape index (κ3) is 2.76. The van der Waals surface area contributed by atoms with Gasteiger partial charge in [-0.3, -0.25) is 10.6 Å². The van der Waals surface area contributed by atoms with Crippen LogP contribution >= 0.6 is 0 Å². The maximum atomic E-state index is 12.2. The molecule has 0 radical (unpaired) electrons. The van der Waals surface area contributed by atoms with Crippen LogP contribution in [0, 0.1) is 11.8 Å². The van der Waals surface area contributed by atoms with Crippen LogP contribution in [0.5, 0.6) is 5.75 Å². The molecule has 0 spiro atoms. The van der Waals surface area contributed by atoms with Gasteiger partial charge >= 0.3 is 0 Å². The van der Waals surface area contributed by atoms with Crippen LogP contribution in [0.2, 0.25) is 0 Å². The van der Waals surface area contributed by atoms with E-state index in [4.69, 9.17) is 15.3 Å². The highest BCUT2D eigenvalue weighted by Crippen LogP contribution is 2.28. The summed E-state index contributed by atoms with van der Waals surface area (Å²) in [6.07, 6.45) is -0.313. The fourth-order valence-corrected chi connectivity index (χ4v) is 1.97. The summed E-state index contributed by atoms with van der Waals surface area (Å²) in [5.41, 5.74) is 3.80. The molecule has 1 aliphatic rings. The molecule has 2 unspecified atom stereocenters. The average molecular weight is 260 g/mol. The molecule has 1 aliphatic heterocycles. The van der Waals surface area contributed by atoms with Gasteiger partial charge in [0, 0.05) is 12.7 Å². The molecule has 3 N–H and O–H groups in total. The Kier molecular flexibility index (Phi) is 4.17. The molecule has 2 rings (SSSR count). The maximum Gasteiger partial charge on any atom is 0.188 e. The van der Waals surface area contributed by atoms with Crippen LogP contribution < -0.4 is 16.0 Å². The first-order valence-corrected chi connectivity index (χ1v) is 5.96. The van der Waals surface area contributed by atoms with Crippen molar-refractivity contribution in [1.82, 2.24) is 5.43 Å². The Morgan fingerprint density at radius 3 is 3.00 bits per heavy atom. The Morgan fingerprint density at radius 1 is 1.53 bits per heavy atom. The van der Waals surface area contributed by atoms with Gasteiger partial charge in [-0.1, -0.05) is 11.8 Å². The summed E-state index contributed by atoms with van der Waals surface area (Å²) in [4.78, 5) is 12.2. The van der Waals surface area contributed by atoms with Crippen molar-refractivity contribution in [2.75, 3.05) is 13.7 Å². The van der Waals surface area contributed by atoms with Crippen molar-refractivity contribution in [3.8, 4) is 17.6 Å². The van der Waals surface area contributed by atoms with E-state index in [1.165, 1.54) is 0 Å². The van der Waals surface area contributed by atoms with E-state index >= 15 is 0 Å². The van der Waals surface area contributed by atoms with E-state index in [9.17, 15) is 4.79 Å². The third-order valence-electron chi connectivity index (χ3n) is 2.94. The summed E-state index contributed by atoms with van der Waals surface area (Å²) in [5.74, 6) is 11.7. The fourth-order valence-electron chi connectivity index (χ4n) is 1.97. The highest BCUT2D eigenvalue weighted by atomic mass is 16.5.